The number of amides is 1. The van der Waals surface area contributed by atoms with Gasteiger partial charge in [0.15, 0.2) is 17.6 Å². The maximum atomic E-state index is 12.1. The Labute approximate surface area is 136 Å². The number of ether oxygens (including phenoxy) is 3. The van der Waals surface area contributed by atoms with E-state index in [1.807, 2.05) is 0 Å². The molecule has 124 valence electrons. The third kappa shape index (κ3) is 3.22. The zero-order valence-corrected chi connectivity index (χ0v) is 12.7. The lowest BCUT2D eigenvalue weighted by molar-refractivity contribution is -0.123. The molecule has 24 heavy (non-hydrogen) atoms. The van der Waals surface area contributed by atoms with E-state index in [9.17, 15) is 14.4 Å². The van der Waals surface area contributed by atoms with Crippen molar-refractivity contribution >= 4 is 17.6 Å². The number of nitrogens with one attached hydrogen (secondary N) is 2. The molecule has 0 fully saturated rings. The average Bonchev–Trinajstić information content (AvgIpc) is 3.02. The summed E-state index contributed by atoms with van der Waals surface area (Å²) in [6.07, 6.45) is 0.317. The number of aromatic nitrogens is 1. The molecule has 1 aromatic carbocycles. The summed E-state index contributed by atoms with van der Waals surface area (Å²) in [6, 6.07) is 7.73. The van der Waals surface area contributed by atoms with Gasteiger partial charge in [-0.25, -0.2) is 4.79 Å². The molecule has 0 spiro atoms. The van der Waals surface area contributed by atoms with Gasteiger partial charge in [-0.05, 0) is 31.2 Å². The van der Waals surface area contributed by atoms with Crippen molar-refractivity contribution < 1.29 is 23.8 Å². The number of hydrogen-bond donors (Lipinski definition) is 2. The van der Waals surface area contributed by atoms with Crippen LogP contribution in [0.4, 0.5) is 5.69 Å². The van der Waals surface area contributed by atoms with Crippen LogP contribution < -0.4 is 20.3 Å². The van der Waals surface area contributed by atoms with E-state index >= 15 is 0 Å². The predicted molar refractivity (Wildman–Crippen MR) is 83.1 cm³/mol. The van der Waals surface area contributed by atoms with Crippen molar-refractivity contribution in [1.82, 2.24) is 4.98 Å². The molecule has 1 aliphatic heterocycles. The van der Waals surface area contributed by atoms with Crippen molar-refractivity contribution in [3.63, 3.8) is 0 Å². The Morgan fingerprint density at radius 2 is 2.04 bits per heavy atom. The Kier molecular flexibility index (Phi) is 4.19. The van der Waals surface area contributed by atoms with E-state index < -0.39 is 23.5 Å². The summed E-state index contributed by atoms with van der Waals surface area (Å²) in [7, 11) is 0. The summed E-state index contributed by atoms with van der Waals surface area (Å²) < 4.78 is 15.4. The quantitative estimate of drug-likeness (QED) is 0.818. The summed E-state index contributed by atoms with van der Waals surface area (Å²) in [5, 5.41) is 2.61. The fraction of sp³-hybridized carbons (Fsp3) is 0.188. The summed E-state index contributed by atoms with van der Waals surface area (Å²) in [6.45, 7) is 1.55. The smallest absolute Gasteiger partial charge is 0.344 e. The molecule has 0 unspecified atom stereocenters. The van der Waals surface area contributed by atoms with Gasteiger partial charge in [0.25, 0.3) is 11.5 Å². The second-order valence-electron chi connectivity index (χ2n) is 5.02. The van der Waals surface area contributed by atoms with Gasteiger partial charge in [-0.2, -0.15) is 0 Å². The molecule has 1 amide bonds. The van der Waals surface area contributed by atoms with E-state index in [0.717, 1.165) is 0 Å². The molecule has 2 aromatic rings. The van der Waals surface area contributed by atoms with E-state index in [4.69, 9.17) is 14.2 Å². The molecule has 2 N–H and O–H groups in total. The van der Waals surface area contributed by atoms with E-state index in [1.54, 1.807) is 18.2 Å². The third-order valence-electron chi connectivity index (χ3n) is 3.33. The number of pyridine rings is 1. The van der Waals surface area contributed by atoms with Crippen LogP contribution in [0.5, 0.6) is 11.5 Å². The number of hydrogen-bond acceptors (Lipinski definition) is 6. The lowest BCUT2D eigenvalue weighted by Crippen LogP contribution is -2.31. The molecule has 0 aliphatic carbocycles. The van der Waals surface area contributed by atoms with Gasteiger partial charge in [-0.3, -0.25) is 9.59 Å². The largest absolute Gasteiger partial charge is 0.454 e. The highest BCUT2D eigenvalue weighted by atomic mass is 16.7. The van der Waals surface area contributed by atoms with Crippen molar-refractivity contribution in [2.24, 2.45) is 0 Å². The van der Waals surface area contributed by atoms with Crippen LogP contribution in [0.25, 0.3) is 0 Å². The lowest BCUT2D eigenvalue weighted by Gasteiger charge is -2.13. The summed E-state index contributed by atoms with van der Waals surface area (Å²) in [4.78, 5) is 37.9. The van der Waals surface area contributed by atoms with Crippen LogP contribution in [-0.4, -0.2) is 29.8 Å². The van der Waals surface area contributed by atoms with Crippen molar-refractivity contribution in [3.8, 4) is 11.5 Å². The van der Waals surface area contributed by atoms with Gasteiger partial charge in [-0.15, -0.1) is 0 Å². The van der Waals surface area contributed by atoms with Crippen LogP contribution in [0.2, 0.25) is 0 Å². The third-order valence-corrected chi connectivity index (χ3v) is 3.33. The molecule has 0 saturated carbocycles. The van der Waals surface area contributed by atoms with Gasteiger partial charge in [0.2, 0.25) is 6.79 Å². The van der Waals surface area contributed by atoms with Crippen molar-refractivity contribution in [2.75, 3.05) is 12.1 Å². The predicted octanol–water partition coefficient (Wildman–Crippen LogP) is 1.29. The second kappa shape index (κ2) is 6.45. The molecule has 8 heteroatoms. The molecule has 3 rings (SSSR count). The van der Waals surface area contributed by atoms with Crippen LogP contribution >= 0.6 is 0 Å². The number of benzene rings is 1. The molecule has 1 atom stereocenters. The molecule has 0 bridgehead atoms. The first-order valence-corrected chi connectivity index (χ1v) is 7.14. The molecule has 0 saturated heterocycles. The molecule has 1 aromatic heterocycles. The number of anilines is 1. The first-order valence-electron chi connectivity index (χ1n) is 7.14. The zero-order valence-electron chi connectivity index (χ0n) is 12.7. The summed E-state index contributed by atoms with van der Waals surface area (Å²) in [5.74, 6) is -0.288. The highest BCUT2D eigenvalue weighted by Gasteiger charge is 2.21. The lowest BCUT2D eigenvalue weighted by atomic mass is 10.2. The number of rotatable bonds is 4. The Bertz CT molecular complexity index is 844. The fourth-order valence-corrected chi connectivity index (χ4v) is 2.08. The zero-order chi connectivity index (χ0) is 17.1. The molecule has 0 radical (unpaired) electrons. The Balaban J connectivity index is 1.64. The van der Waals surface area contributed by atoms with E-state index in [1.165, 1.54) is 25.3 Å². The van der Waals surface area contributed by atoms with Crippen LogP contribution in [0, 0.1) is 0 Å². The molecular weight excluding hydrogens is 316 g/mol. The van der Waals surface area contributed by atoms with Gasteiger partial charge in [0.05, 0.1) is 0 Å². The first-order chi connectivity index (χ1) is 11.5. The number of aromatic amines is 1. The fourth-order valence-electron chi connectivity index (χ4n) is 2.08. The van der Waals surface area contributed by atoms with Crippen molar-refractivity contribution in [3.05, 3.63) is 52.4 Å². The number of carbonyl (C=O) groups excluding carboxylic acids is 2. The normalized spacial score (nSPS) is 13.2. The van der Waals surface area contributed by atoms with Gasteiger partial charge in [-0.1, -0.05) is 0 Å². The minimum Gasteiger partial charge on any atom is -0.454 e. The first kappa shape index (κ1) is 15.6. The number of esters is 1. The molecular formula is C16H14N2O6. The van der Waals surface area contributed by atoms with Gasteiger partial charge < -0.3 is 24.5 Å². The molecule has 8 nitrogen and oxygen atoms in total. The monoisotopic (exact) mass is 330 g/mol. The van der Waals surface area contributed by atoms with Gasteiger partial charge in [0.1, 0.15) is 5.56 Å². The van der Waals surface area contributed by atoms with Crippen LogP contribution in [0.3, 0.4) is 0 Å². The number of carbonyl (C=O) groups is 2. The van der Waals surface area contributed by atoms with Gasteiger partial charge >= 0.3 is 5.97 Å². The molecule has 1 aliphatic rings. The molecule has 2 heterocycles. The Morgan fingerprint density at radius 1 is 1.25 bits per heavy atom. The van der Waals surface area contributed by atoms with E-state index in [-0.39, 0.29) is 12.4 Å². The van der Waals surface area contributed by atoms with Gasteiger partial charge in [0, 0.05) is 18.0 Å². The Morgan fingerprint density at radius 3 is 2.83 bits per heavy atom. The number of H-pyrrole nitrogens is 1. The van der Waals surface area contributed by atoms with Crippen LogP contribution in [-0.2, 0) is 9.53 Å². The summed E-state index contributed by atoms with van der Waals surface area (Å²) >= 11 is 0. The maximum absolute atomic E-state index is 12.1. The standard InChI is InChI=1S/C16H14N2O6/c1-9(24-16(21)11-3-2-6-17-15(11)20)14(19)18-10-4-5-12-13(7-10)23-8-22-12/h2-7,9H,8H2,1H3,(H,17,20)(H,18,19)/t9-/m1/s1. The summed E-state index contributed by atoms with van der Waals surface area (Å²) in [5.41, 5.74) is -0.268. The van der Waals surface area contributed by atoms with Crippen molar-refractivity contribution in [1.29, 1.82) is 0 Å². The van der Waals surface area contributed by atoms with Crippen LogP contribution in [0.15, 0.2) is 41.3 Å². The number of fused-ring (bicyclic) bond motifs is 1. The minimum absolute atomic E-state index is 0.131. The van der Waals surface area contributed by atoms with E-state index in [0.29, 0.717) is 17.2 Å². The maximum Gasteiger partial charge on any atom is 0.344 e. The van der Waals surface area contributed by atoms with E-state index in [2.05, 4.69) is 10.3 Å². The van der Waals surface area contributed by atoms with Crippen LogP contribution in [0.1, 0.15) is 17.3 Å². The Hall–Kier alpha value is -3.29. The minimum atomic E-state index is -1.08. The average molecular weight is 330 g/mol. The topological polar surface area (TPSA) is 107 Å². The second-order valence-corrected chi connectivity index (χ2v) is 5.02. The SMILES string of the molecule is C[C@@H](OC(=O)c1ccc[nH]c1=O)C(=O)Nc1ccc2c(c1)OCO2. The van der Waals surface area contributed by atoms with Crippen molar-refractivity contribution in [2.45, 2.75) is 13.0 Å². The highest BCUT2D eigenvalue weighted by molar-refractivity contribution is 5.97. The highest BCUT2D eigenvalue weighted by Crippen LogP contribution is 2.34.